The van der Waals surface area contributed by atoms with Gasteiger partial charge in [0.2, 0.25) is 11.8 Å². The highest BCUT2D eigenvalue weighted by Gasteiger charge is 2.32. The second kappa shape index (κ2) is 8.51. The number of benzene rings is 1. The molecular weight excluding hydrogens is 284 g/mol. The molecule has 2 amide bonds. The zero-order valence-corrected chi connectivity index (χ0v) is 13.0. The third kappa shape index (κ3) is 5.83. The van der Waals surface area contributed by atoms with E-state index in [1.807, 2.05) is 30.3 Å². The van der Waals surface area contributed by atoms with Gasteiger partial charge in [0.25, 0.3) is 0 Å². The standard InChI is InChI=1S/C16H24N2O4/c1-16(2,11-19)14(21)15(22)18-10-13(20)17-9-8-12-6-4-3-5-7-12/h3-7,14,19,21H,8-11H2,1-2H3,(H,17,20)(H,18,22)/t14-/m0/s1. The predicted octanol–water partition coefficient (Wildman–Crippen LogP) is -0.159. The molecule has 122 valence electrons. The monoisotopic (exact) mass is 308 g/mol. The van der Waals surface area contributed by atoms with Crippen molar-refractivity contribution in [2.24, 2.45) is 5.41 Å². The van der Waals surface area contributed by atoms with Crippen LogP contribution in [0.4, 0.5) is 0 Å². The summed E-state index contributed by atoms with van der Waals surface area (Å²) in [6.45, 7) is 3.08. The SMILES string of the molecule is CC(C)(CO)[C@@H](O)C(=O)NCC(=O)NCCc1ccccc1. The fraction of sp³-hybridized carbons (Fsp3) is 0.500. The van der Waals surface area contributed by atoms with Gasteiger partial charge in [-0.25, -0.2) is 0 Å². The lowest BCUT2D eigenvalue weighted by Gasteiger charge is -2.26. The van der Waals surface area contributed by atoms with E-state index in [0.29, 0.717) is 13.0 Å². The number of aliphatic hydroxyl groups is 2. The first-order chi connectivity index (χ1) is 10.4. The maximum atomic E-state index is 11.7. The van der Waals surface area contributed by atoms with Crippen LogP contribution in [0, 0.1) is 5.41 Å². The van der Waals surface area contributed by atoms with Crippen LogP contribution in [0.5, 0.6) is 0 Å². The Hall–Kier alpha value is -1.92. The topological polar surface area (TPSA) is 98.7 Å². The highest BCUT2D eigenvalue weighted by molar-refractivity contribution is 5.87. The van der Waals surface area contributed by atoms with Crippen LogP contribution < -0.4 is 10.6 Å². The first kappa shape index (κ1) is 18.1. The number of rotatable bonds is 8. The minimum absolute atomic E-state index is 0.202. The third-order valence-electron chi connectivity index (χ3n) is 3.40. The van der Waals surface area contributed by atoms with Crippen LogP contribution in [0.15, 0.2) is 30.3 Å². The van der Waals surface area contributed by atoms with E-state index in [0.717, 1.165) is 5.56 Å². The van der Waals surface area contributed by atoms with Gasteiger partial charge in [-0.3, -0.25) is 9.59 Å². The molecule has 4 N–H and O–H groups in total. The largest absolute Gasteiger partial charge is 0.396 e. The first-order valence-corrected chi connectivity index (χ1v) is 7.24. The Morgan fingerprint density at radius 1 is 1.18 bits per heavy atom. The summed E-state index contributed by atoms with van der Waals surface area (Å²) in [5, 5.41) is 23.9. The number of carbonyl (C=O) groups is 2. The van der Waals surface area contributed by atoms with Crippen LogP contribution in [0.3, 0.4) is 0 Å². The third-order valence-corrected chi connectivity index (χ3v) is 3.40. The molecule has 0 unspecified atom stereocenters. The van der Waals surface area contributed by atoms with E-state index in [2.05, 4.69) is 10.6 Å². The number of hydrogen-bond donors (Lipinski definition) is 4. The van der Waals surface area contributed by atoms with E-state index in [9.17, 15) is 14.7 Å². The summed E-state index contributed by atoms with van der Waals surface area (Å²) in [5.74, 6) is -0.990. The minimum atomic E-state index is -1.37. The van der Waals surface area contributed by atoms with Crippen molar-refractivity contribution in [1.29, 1.82) is 0 Å². The van der Waals surface area contributed by atoms with Crippen molar-refractivity contribution in [3.05, 3.63) is 35.9 Å². The molecule has 1 aromatic carbocycles. The summed E-state index contributed by atoms with van der Waals surface area (Å²) in [4.78, 5) is 23.3. The van der Waals surface area contributed by atoms with Crippen LogP contribution in [-0.2, 0) is 16.0 Å². The smallest absolute Gasteiger partial charge is 0.249 e. The van der Waals surface area contributed by atoms with Gasteiger partial charge in [-0.15, -0.1) is 0 Å². The number of hydrogen-bond acceptors (Lipinski definition) is 4. The molecule has 0 aliphatic rings. The predicted molar refractivity (Wildman–Crippen MR) is 83.0 cm³/mol. The fourth-order valence-electron chi connectivity index (χ4n) is 1.76. The number of aliphatic hydroxyl groups excluding tert-OH is 2. The second-order valence-electron chi connectivity index (χ2n) is 5.85. The summed E-state index contributed by atoms with van der Waals surface area (Å²) < 4.78 is 0. The van der Waals surface area contributed by atoms with Gasteiger partial charge in [0.05, 0.1) is 13.2 Å². The zero-order valence-electron chi connectivity index (χ0n) is 13.0. The Morgan fingerprint density at radius 2 is 1.82 bits per heavy atom. The maximum Gasteiger partial charge on any atom is 0.249 e. The number of amides is 2. The van der Waals surface area contributed by atoms with Crippen LogP contribution in [-0.4, -0.2) is 47.8 Å². The van der Waals surface area contributed by atoms with E-state index in [-0.39, 0.29) is 19.1 Å². The molecule has 0 aromatic heterocycles. The molecule has 1 atom stereocenters. The number of carbonyl (C=O) groups excluding carboxylic acids is 2. The average Bonchev–Trinajstić information content (AvgIpc) is 2.52. The van der Waals surface area contributed by atoms with Crippen LogP contribution in [0.2, 0.25) is 0 Å². The lowest BCUT2D eigenvalue weighted by atomic mass is 9.87. The molecule has 0 radical (unpaired) electrons. The summed E-state index contributed by atoms with van der Waals surface area (Å²) in [6, 6.07) is 9.74. The van der Waals surface area contributed by atoms with Gasteiger partial charge in [-0.1, -0.05) is 44.2 Å². The van der Waals surface area contributed by atoms with Crippen LogP contribution in [0.25, 0.3) is 0 Å². The molecular formula is C16H24N2O4. The van der Waals surface area contributed by atoms with Gasteiger partial charge in [-0.05, 0) is 12.0 Å². The van der Waals surface area contributed by atoms with Gasteiger partial charge in [0, 0.05) is 12.0 Å². The maximum absolute atomic E-state index is 11.7. The van der Waals surface area contributed by atoms with Gasteiger partial charge in [-0.2, -0.15) is 0 Å². The molecule has 0 aliphatic heterocycles. The van der Waals surface area contributed by atoms with Crippen molar-refractivity contribution < 1.29 is 19.8 Å². The Labute approximate surface area is 130 Å². The Bertz CT molecular complexity index is 488. The van der Waals surface area contributed by atoms with Crippen LogP contribution in [0.1, 0.15) is 19.4 Å². The lowest BCUT2D eigenvalue weighted by molar-refractivity contribution is -0.138. The molecule has 0 heterocycles. The first-order valence-electron chi connectivity index (χ1n) is 7.24. The average molecular weight is 308 g/mol. The van der Waals surface area contributed by atoms with E-state index in [1.165, 1.54) is 0 Å². The molecule has 0 saturated heterocycles. The molecule has 6 nitrogen and oxygen atoms in total. The van der Waals surface area contributed by atoms with E-state index < -0.39 is 17.4 Å². The van der Waals surface area contributed by atoms with E-state index in [4.69, 9.17) is 5.11 Å². The highest BCUT2D eigenvalue weighted by atomic mass is 16.3. The molecule has 6 heteroatoms. The molecule has 0 bridgehead atoms. The van der Waals surface area contributed by atoms with Gasteiger partial charge >= 0.3 is 0 Å². The summed E-state index contributed by atoms with van der Waals surface area (Å²) in [6.07, 6.45) is -0.657. The van der Waals surface area contributed by atoms with Crippen molar-refractivity contribution in [2.75, 3.05) is 19.7 Å². The van der Waals surface area contributed by atoms with Crippen molar-refractivity contribution in [3.8, 4) is 0 Å². The molecule has 1 aromatic rings. The summed E-state index contributed by atoms with van der Waals surface area (Å²) in [7, 11) is 0. The zero-order chi connectivity index (χ0) is 16.6. The fourth-order valence-corrected chi connectivity index (χ4v) is 1.76. The van der Waals surface area contributed by atoms with Gasteiger partial charge in [0.1, 0.15) is 6.10 Å². The van der Waals surface area contributed by atoms with Crippen molar-refractivity contribution >= 4 is 11.8 Å². The Morgan fingerprint density at radius 3 is 2.41 bits per heavy atom. The molecule has 0 spiro atoms. The van der Waals surface area contributed by atoms with Gasteiger partial charge < -0.3 is 20.8 Å². The van der Waals surface area contributed by atoms with E-state index >= 15 is 0 Å². The Kier molecular flexibility index (Phi) is 7.01. The van der Waals surface area contributed by atoms with Crippen molar-refractivity contribution in [1.82, 2.24) is 10.6 Å². The lowest BCUT2D eigenvalue weighted by Crippen LogP contribution is -2.48. The quantitative estimate of drug-likeness (QED) is 0.536. The minimum Gasteiger partial charge on any atom is -0.396 e. The van der Waals surface area contributed by atoms with Crippen molar-refractivity contribution in [2.45, 2.75) is 26.4 Å². The molecule has 22 heavy (non-hydrogen) atoms. The van der Waals surface area contributed by atoms with Gasteiger partial charge in [0.15, 0.2) is 0 Å². The van der Waals surface area contributed by atoms with Crippen molar-refractivity contribution in [3.63, 3.8) is 0 Å². The highest BCUT2D eigenvalue weighted by Crippen LogP contribution is 2.19. The summed E-state index contributed by atoms with van der Waals surface area (Å²) >= 11 is 0. The summed E-state index contributed by atoms with van der Waals surface area (Å²) in [5.41, 5.74) is 0.167. The molecule has 0 aliphatic carbocycles. The molecule has 0 saturated carbocycles. The second-order valence-corrected chi connectivity index (χ2v) is 5.85. The number of nitrogens with one attached hydrogen (secondary N) is 2. The molecule has 1 rings (SSSR count). The Balaban J connectivity index is 2.27. The van der Waals surface area contributed by atoms with Crippen LogP contribution >= 0.6 is 0 Å². The normalized spacial score (nSPS) is 12.5. The molecule has 0 fully saturated rings. The van der Waals surface area contributed by atoms with E-state index in [1.54, 1.807) is 13.8 Å².